The van der Waals surface area contributed by atoms with Gasteiger partial charge in [-0.1, -0.05) is 42.5 Å². The number of non-ortho nitro benzene ring substituents is 1. The zero-order chi connectivity index (χ0) is 19.4. The molecule has 2 aromatic rings. The first-order valence-electron chi connectivity index (χ1n) is 8.07. The number of hydrogen-bond donors (Lipinski definition) is 1. The largest absolute Gasteiger partial charge is 0.478 e. The van der Waals surface area contributed by atoms with E-state index < -0.39 is 22.8 Å². The van der Waals surface area contributed by atoms with Gasteiger partial charge in [0.05, 0.1) is 16.7 Å². The molecule has 1 atom stereocenters. The number of carbonyl (C=O) groups is 2. The van der Waals surface area contributed by atoms with Crippen LogP contribution >= 0.6 is 0 Å². The van der Waals surface area contributed by atoms with Gasteiger partial charge in [-0.25, -0.2) is 9.80 Å². The van der Waals surface area contributed by atoms with Gasteiger partial charge in [0.2, 0.25) is 0 Å². The van der Waals surface area contributed by atoms with E-state index in [0.717, 1.165) is 17.7 Å². The third-order valence-electron chi connectivity index (χ3n) is 4.08. The number of benzene rings is 2. The number of nitro benzene ring substituents is 1. The smallest absolute Gasteiger partial charge is 0.328 e. The minimum Gasteiger partial charge on any atom is -0.478 e. The molecule has 27 heavy (non-hydrogen) atoms. The number of rotatable bonds is 5. The highest BCUT2D eigenvalue weighted by Gasteiger charge is 2.32. The van der Waals surface area contributed by atoms with Crippen LogP contribution in [0.2, 0.25) is 0 Å². The van der Waals surface area contributed by atoms with Crippen molar-refractivity contribution in [3.63, 3.8) is 0 Å². The van der Waals surface area contributed by atoms with Crippen LogP contribution in [0.15, 0.2) is 71.9 Å². The van der Waals surface area contributed by atoms with Crippen LogP contribution in [-0.2, 0) is 9.59 Å². The first-order chi connectivity index (χ1) is 13.0. The average molecular weight is 365 g/mol. The van der Waals surface area contributed by atoms with Crippen molar-refractivity contribution in [3.8, 4) is 0 Å². The molecule has 0 unspecified atom stereocenters. The zero-order valence-corrected chi connectivity index (χ0v) is 14.1. The van der Waals surface area contributed by atoms with Gasteiger partial charge in [0, 0.05) is 30.7 Å². The van der Waals surface area contributed by atoms with Crippen LogP contribution in [-0.4, -0.2) is 32.6 Å². The molecule has 0 saturated heterocycles. The van der Waals surface area contributed by atoms with Gasteiger partial charge < -0.3 is 5.11 Å². The fourth-order valence-corrected chi connectivity index (χ4v) is 2.84. The molecule has 1 amide bonds. The minimum atomic E-state index is -1.25. The van der Waals surface area contributed by atoms with Crippen molar-refractivity contribution < 1.29 is 19.6 Å². The number of carboxylic acids is 1. The predicted octanol–water partition coefficient (Wildman–Crippen LogP) is 2.91. The third kappa shape index (κ3) is 4.06. The predicted molar refractivity (Wildman–Crippen MR) is 97.1 cm³/mol. The van der Waals surface area contributed by atoms with Crippen LogP contribution in [0.5, 0.6) is 0 Å². The fraction of sp³-hybridized carbons (Fsp3) is 0.105. The summed E-state index contributed by atoms with van der Waals surface area (Å²) in [5.74, 6) is -1.86. The van der Waals surface area contributed by atoms with E-state index in [0.29, 0.717) is 17.7 Å². The van der Waals surface area contributed by atoms with Crippen molar-refractivity contribution in [3.05, 3.63) is 88.0 Å². The summed E-state index contributed by atoms with van der Waals surface area (Å²) < 4.78 is 0. The molecule has 8 nitrogen and oxygen atoms in total. The second-order valence-electron chi connectivity index (χ2n) is 5.84. The lowest BCUT2D eigenvalue weighted by atomic mass is 9.98. The Bertz CT molecular complexity index is 953. The molecule has 0 spiro atoms. The minimum absolute atomic E-state index is 0.0888. The highest BCUT2D eigenvalue weighted by atomic mass is 16.6. The average Bonchev–Trinajstić information content (AvgIpc) is 3.12. The number of nitro groups is 1. The molecular weight excluding hydrogens is 350 g/mol. The number of hydrazone groups is 1. The third-order valence-corrected chi connectivity index (χ3v) is 4.08. The molecule has 1 aliphatic rings. The maximum atomic E-state index is 12.5. The lowest BCUT2D eigenvalue weighted by Crippen LogP contribution is -2.25. The molecule has 3 rings (SSSR count). The molecule has 0 aliphatic carbocycles. The van der Waals surface area contributed by atoms with Crippen LogP contribution in [0.25, 0.3) is 0 Å². The Morgan fingerprint density at radius 3 is 2.56 bits per heavy atom. The number of amides is 1. The van der Waals surface area contributed by atoms with E-state index in [1.165, 1.54) is 17.1 Å². The molecule has 0 radical (unpaired) electrons. The van der Waals surface area contributed by atoms with Gasteiger partial charge in [-0.2, -0.15) is 5.10 Å². The zero-order valence-electron chi connectivity index (χ0n) is 14.1. The number of nitrogens with zero attached hydrogens (tertiary/aromatic N) is 3. The number of carbonyl (C=O) groups excluding carboxylic acids is 1. The van der Waals surface area contributed by atoms with Gasteiger partial charge in [-0.15, -0.1) is 0 Å². The molecular formula is C19H15N3O5. The molecule has 0 bridgehead atoms. The molecule has 2 aromatic carbocycles. The van der Waals surface area contributed by atoms with E-state index in [1.54, 1.807) is 12.1 Å². The number of carboxylic acid groups (broad SMARTS) is 1. The standard InChI is InChI=1S/C19H15N3O5/c23-18(9-10-19(24)25)21-17(14-7-4-8-15(11-14)22(26)27)12-16(20-21)13-5-2-1-3-6-13/h1-11,17H,12H2,(H,24,25)/b10-9-/t17-/m1/s1. The summed E-state index contributed by atoms with van der Waals surface area (Å²) in [7, 11) is 0. The van der Waals surface area contributed by atoms with Gasteiger partial charge in [0.15, 0.2) is 0 Å². The summed E-state index contributed by atoms with van der Waals surface area (Å²) in [6, 6.07) is 14.7. The first kappa shape index (κ1) is 18.0. The van der Waals surface area contributed by atoms with Crippen LogP contribution in [0.1, 0.15) is 23.6 Å². The van der Waals surface area contributed by atoms with E-state index in [2.05, 4.69) is 5.10 Å². The van der Waals surface area contributed by atoms with E-state index in [9.17, 15) is 19.7 Å². The maximum absolute atomic E-state index is 12.5. The molecule has 1 aliphatic heterocycles. The second kappa shape index (κ2) is 7.61. The van der Waals surface area contributed by atoms with E-state index in [1.807, 2.05) is 30.3 Å². The summed E-state index contributed by atoms with van der Waals surface area (Å²) in [5.41, 5.74) is 1.93. The highest BCUT2D eigenvalue weighted by molar-refractivity contribution is 6.04. The van der Waals surface area contributed by atoms with E-state index in [-0.39, 0.29) is 5.69 Å². The van der Waals surface area contributed by atoms with E-state index in [4.69, 9.17) is 5.11 Å². The van der Waals surface area contributed by atoms with Gasteiger partial charge >= 0.3 is 5.97 Å². The number of hydrogen-bond acceptors (Lipinski definition) is 5. The monoisotopic (exact) mass is 365 g/mol. The summed E-state index contributed by atoms with van der Waals surface area (Å²) >= 11 is 0. The molecule has 1 heterocycles. The van der Waals surface area contributed by atoms with Crippen LogP contribution in [0, 0.1) is 10.1 Å². The second-order valence-corrected chi connectivity index (χ2v) is 5.84. The van der Waals surface area contributed by atoms with Crippen molar-refractivity contribution in [2.75, 3.05) is 0 Å². The lowest BCUT2D eigenvalue weighted by molar-refractivity contribution is -0.384. The fourth-order valence-electron chi connectivity index (χ4n) is 2.84. The maximum Gasteiger partial charge on any atom is 0.328 e. The molecule has 1 N–H and O–H groups in total. The van der Waals surface area contributed by atoms with E-state index >= 15 is 0 Å². The Morgan fingerprint density at radius 1 is 1.15 bits per heavy atom. The number of aliphatic carboxylic acids is 1. The topological polar surface area (TPSA) is 113 Å². The van der Waals surface area contributed by atoms with Gasteiger partial charge in [-0.3, -0.25) is 14.9 Å². The SMILES string of the molecule is O=C(O)/C=C\C(=O)N1N=C(c2ccccc2)C[C@@H]1c1cccc([N+](=O)[O-])c1. The summed E-state index contributed by atoms with van der Waals surface area (Å²) in [6.45, 7) is 0. The molecule has 136 valence electrons. The summed E-state index contributed by atoms with van der Waals surface area (Å²) in [4.78, 5) is 33.7. The van der Waals surface area contributed by atoms with Crippen molar-refractivity contribution in [1.29, 1.82) is 0 Å². The van der Waals surface area contributed by atoms with Crippen LogP contribution < -0.4 is 0 Å². The highest BCUT2D eigenvalue weighted by Crippen LogP contribution is 2.34. The molecule has 8 heteroatoms. The Kier molecular flexibility index (Phi) is 5.07. The molecule has 0 fully saturated rings. The van der Waals surface area contributed by atoms with Crippen molar-refractivity contribution >= 4 is 23.3 Å². The quantitative estimate of drug-likeness (QED) is 0.497. The molecule has 0 saturated carbocycles. The van der Waals surface area contributed by atoms with Gasteiger partial charge in [-0.05, 0) is 11.1 Å². The van der Waals surface area contributed by atoms with Crippen molar-refractivity contribution in [1.82, 2.24) is 5.01 Å². The Morgan fingerprint density at radius 2 is 1.89 bits per heavy atom. The summed E-state index contributed by atoms with van der Waals surface area (Å²) in [6.07, 6.45) is 2.02. The van der Waals surface area contributed by atoms with Crippen LogP contribution in [0.3, 0.4) is 0 Å². The van der Waals surface area contributed by atoms with Crippen LogP contribution in [0.4, 0.5) is 5.69 Å². The Labute approximate surface area is 154 Å². The van der Waals surface area contributed by atoms with Gasteiger partial charge in [0.25, 0.3) is 11.6 Å². The summed E-state index contributed by atoms with van der Waals surface area (Å²) in [5, 5.41) is 25.3. The Hall–Kier alpha value is -3.81. The Balaban J connectivity index is 1.98. The van der Waals surface area contributed by atoms with Gasteiger partial charge in [0.1, 0.15) is 0 Å². The van der Waals surface area contributed by atoms with Crippen molar-refractivity contribution in [2.45, 2.75) is 12.5 Å². The lowest BCUT2D eigenvalue weighted by Gasteiger charge is -2.20. The molecule has 0 aromatic heterocycles. The normalized spacial score (nSPS) is 16.4. The first-order valence-corrected chi connectivity index (χ1v) is 8.07. The van der Waals surface area contributed by atoms with Crippen molar-refractivity contribution in [2.24, 2.45) is 5.10 Å².